The van der Waals surface area contributed by atoms with Crippen molar-refractivity contribution in [2.75, 3.05) is 6.61 Å². The summed E-state index contributed by atoms with van der Waals surface area (Å²) in [6, 6.07) is 0. The topological polar surface area (TPSA) is 116 Å². The molecule has 8 nitrogen and oxygen atoms in total. The zero-order chi connectivity index (χ0) is 21.8. The van der Waals surface area contributed by atoms with Crippen LogP contribution in [0, 0.1) is 5.41 Å². The van der Waals surface area contributed by atoms with E-state index in [0.29, 0.717) is 0 Å². The van der Waals surface area contributed by atoms with E-state index in [9.17, 15) is 24.3 Å². The Labute approximate surface area is 169 Å². The molecule has 0 radical (unpaired) electrons. The number of carbonyl (C=O) groups is 4. The number of ketones is 1. The van der Waals surface area contributed by atoms with E-state index in [0.717, 1.165) is 0 Å². The second-order valence-electron chi connectivity index (χ2n) is 7.81. The zero-order valence-corrected chi connectivity index (χ0v) is 17.1. The molecule has 158 valence electrons. The maximum atomic E-state index is 12.2. The first-order valence-corrected chi connectivity index (χ1v) is 9.44. The largest absolute Gasteiger partial charge is 0.508 e. The van der Waals surface area contributed by atoms with Crippen LogP contribution in [0.5, 0.6) is 0 Å². The van der Waals surface area contributed by atoms with Crippen molar-refractivity contribution in [1.82, 2.24) is 0 Å². The lowest BCUT2D eigenvalue weighted by atomic mass is 9.79. The number of Topliss-reactive ketones (excluding diaryl/α,β-unsaturated/α-hetero) is 1. The molecule has 0 saturated carbocycles. The van der Waals surface area contributed by atoms with Crippen molar-refractivity contribution < 1.29 is 38.5 Å². The number of aliphatic hydroxyl groups excluding tert-OH is 1. The summed E-state index contributed by atoms with van der Waals surface area (Å²) in [4.78, 5) is 48.1. The van der Waals surface area contributed by atoms with E-state index in [4.69, 9.17) is 14.2 Å². The molecular weight excluding hydrogens is 380 g/mol. The van der Waals surface area contributed by atoms with Gasteiger partial charge in [-0.2, -0.15) is 0 Å². The molecule has 2 rings (SSSR count). The number of ether oxygens (including phenoxy) is 3. The summed E-state index contributed by atoms with van der Waals surface area (Å²) < 4.78 is 15.2. The lowest BCUT2D eigenvalue weighted by Crippen LogP contribution is -2.44. The fourth-order valence-corrected chi connectivity index (χ4v) is 3.10. The van der Waals surface area contributed by atoms with Gasteiger partial charge in [-0.1, -0.05) is 26.0 Å². The first-order chi connectivity index (χ1) is 13.5. The van der Waals surface area contributed by atoms with Gasteiger partial charge < -0.3 is 19.3 Å². The van der Waals surface area contributed by atoms with Crippen LogP contribution in [0.1, 0.15) is 53.4 Å². The predicted molar refractivity (Wildman–Crippen MR) is 101 cm³/mol. The third kappa shape index (κ3) is 5.79. The maximum absolute atomic E-state index is 12.2. The zero-order valence-electron chi connectivity index (χ0n) is 17.1. The average Bonchev–Trinajstić information content (AvgIpc) is 2.57. The van der Waals surface area contributed by atoms with Crippen molar-refractivity contribution in [3.63, 3.8) is 0 Å². The van der Waals surface area contributed by atoms with Crippen LogP contribution < -0.4 is 0 Å². The Bertz CT molecular complexity index is 793. The number of aliphatic hydroxyl groups is 1. The molecule has 0 amide bonds. The molecule has 0 aromatic rings. The van der Waals surface area contributed by atoms with E-state index in [1.165, 1.54) is 19.1 Å². The number of allylic oxidation sites excluding steroid dienone is 4. The normalized spacial score (nSPS) is 25.2. The Kier molecular flexibility index (Phi) is 6.66. The van der Waals surface area contributed by atoms with Crippen LogP contribution in [0.3, 0.4) is 0 Å². The van der Waals surface area contributed by atoms with Crippen molar-refractivity contribution in [2.45, 2.75) is 59.2 Å². The molecule has 0 spiro atoms. The van der Waals surface area contributed by atoms with Gasteiger partial charge in [0.2, 0.25) is 0 Å². The van der Waals surface area contributed by atoms with Gasteiger partial charge in [-0.25, -0.2) is 9.59 Å². The minimum absolute atomic E-state index is 0.0242. The Balaban J connectivity index is 2.05. The summed E-state index contributed by atoms with van der Waals surface area (Å²) in [6.07, 6.45) is 4.55. The van der Waals surface area contributed by atoms with Gasteiger partial charge in [0.1, 0.15) is 11.3 Å². The SMILES string of the molecule is CCOC(=O)CCC1(C)OC(=O)C(=CCC=C2C(=O)CC(C)(C)C=C2O)C(=O)O1. The van der Waals surface area contributed by atoms with Gasteiger partial charge in [0.25, 0.3) is 5.79 Å². The highest BCUT2D eigenvalue weighted by atomic mass is 16.7. The molecule has 2 aliphatic rings. The van der Waals surface area contributed by atoms with Crippen LogP contribution in [0.2, 0.25) is 0 Å². The second kappa shape index (κ2) is 8.63. The highest BCUT2D eigenvalue weighted by Crippen LogP contribution is 2.33. The Hall–Kier alpha value is -2.90. The minimum atomic E-state index is -1.55. The van der Waals surface area contributed by atoms with Crippen LogP contribution >= 0.6 is 0 Å². The summed E-state index contributed by atoms with van der Waals surface area (Å²) in [5, 5.41) is 10.1. The number of esters is 3. The average molecular weight is 406 g/mol. The molecule has 1 N–H and O–H groups in total. The molecule has 1 saturated heterocycles. The van der Waals surface area contributed by atoms with E-state index in [2.05, 4.69) is 0 Å². The van der Waals surface area contributed by atoms with Gasteiger partial charge in [0, 0.05) is 19.8 Å². The molecule has 1 heterocycles. The fraction of sp³-hybridized carbons (Fsp3) is 0.524. The number of hydrogen-bond donors (Lipinski definition) is 1. The van der Waals surface area contributed by atoms with E-state index in [1.54, 1.807) is 13.0 Å². The third-order valence-electron chi connectivity index (χ3n) is 4.51. The van der Waals surface area contributed by atoms with Crippen LogP contribution in [0.4, 0.5) is 0 Å². The molecule has 0 atom stereocenters. The van der Waals surface area contributed by atoms with E-state index >= 15 is 0 Å². The van der Waals surface area contributed by atoms with Crippen molar-refractivity contribution in [3.05, 3.63) is 35.1 Å². The predicted octanol–water partition coefficient (Wildman–Crippen LogP) is 2.83. The standard InChI is InChI=1S/C21H26O8/c1-5-27-17(24)9-10-21(4)28-18(25)14(19(26)29-21)8-6-7-13-15(22)11-20(2,3)12-16(13)23/h7-8,11,22H,5-6,9-10,12H2,1-4H3. The molecule has 0 aromatic heterocycles. The molecule has 1 aliphatic heterocycles. The Morgan fingerprint density at radius 2 is 1.72 bits per heavy atom. The maximum Gasteiger partial charge on any atom is 0.348 e. The highest BCUT2D eigenvalue weighted by Gasteiger charge is 2.42. The van der Waals surface area contributed by atoms with Crippen LogP contribution in [-0.2, 0) is 33.4 Å². The van der Waals surface area contributed by atoms with Gasteiger partial charge in [0.15, 0.2) is 5.78 Å². The summed E-state index contributed by atoms with van der Waals surface area (Å²) in [7, 11) is 0. The van der Waals surface area contributed by atoms with Gasteiger partial charge >= 0.3 is 17.9 Å². The monoisotopic (exact) mass is 406 g/mol. The van der Waals surface area contributed by atoms with Crippen LogP contribution in [-0.4, -0.2) is 41.2 Å². The van der Waals surface area contributed by atoms with E-state index in [1.807, 2.05) is 13.8 Å². The van der Waals surface area contributed by atoms with Crippen LogP contribution in [0.25, 0.3) is 0 Å². The molecule has 0 unspecified atom stereocenters. The fourth-order valence-electron chi connectivity index (χ4n) is 3.10. The number of rotatable bonds is 6. The smallest absolute Gasteiger partial charge is 0.348 e. The van der Waals surface area contributed by atoms with Gasteiger partial charge in [-0.3, -0.25) is 9.59 Å². The van der Waals surface area contributed by atoms with E-state index in [-0.39, 0.29) is 55.0 Å². The van der Waals surface area contributed by atoms with Gasteiger partial charge in [-0.15, -0.1) is 0 Å². The molecule has 0 aromatic carbocycles. The summed E-state index contributed by atoms with van der Waals surface area (Å²) in [5.41, 5.74) is -0.581. The number of hydrogen-bond acceptors (Lipinski definition) is 8. The second-order valence-corrected chi connectivity index (χ2v) is 7.81. The van der Waals surface area contributed by atoms with Gasteiger partial charge in [-0.05, 0) is 24.8 Å². The van der Waals surface area contributed by atoms with E-state index < -0.39 is 29.1 Å². The first-order valence-electron chi connectivity index (χ1n) is 9.44. The van der Waals surface area contributed by atoms with Crippen molar-refractivity contribution in [2.24, 2.45) is 5.41 Å². The Morgan fingerprint density at radius 3 is 2.28 bits per heavy atom. The first kappa shape index (κ1) is 22.4. The third-order valence-corrected chi connectivity index (χ3v) is 4.51. The Morgan fingerprint density at radius 1 is 1.14 bits per heavy atom. The van der Waals surface area contributed by atoms with Crippen LogP contribution in [0.15, 0.2) is 35.1 Å². The lowest BCUT2D eigenvalue weighted by Gasteiger charge is -2.33. The van der Waals surface area contributed by atoms with Crippen molar-refractivity contribution in [1.29, 1.82) is 0 Å². The molecule has 1 fully saturated rings. The number of carbonyl (C=O) groups excluding carboxylic acids is 4. The van der Waals surface area contributed by atoms with Crippen molar-refractivity contribution >= 4 is 23.7 Å². The molecule has 8 heteroatoms. The number of cyclic esters (lactones) is 2. The molecular formula is C21H26O8. The van der Waals surface area contributed by atoms with Crippen molar-refractivity contribution in [3.8, 4) is 0 Å². The quantitative estimate of drug-likeness (QED) is 0.407. The highest BCUT2D eigenvalue weighted by molar-refractivity contribution is 6.15. The molecule has 1 aliphatic carbocycles. The van der Waals surface area contributed by atoms with Gasteiger partial charge in [0.05, 0.1) is 18.6 Å². The lowest BCUT2D eigenvalue weighted by molar-refractivity contribution is -0.231. The minimum Gasteiger partial charge on any atom is -0.508 e. The summed E-state index contributed by atoms with van der Waals surface area (Å²) in [6.45, 7) is 6.97. The summed E-state index contributed by atoms with van der Waals surface area (Å²) >= 11 is 0. The summed E-state index contributed by atoms with van der Waals surface area (Å²) in [5.74, 6) is -4.12. The molecule has 0 bridgehead atoms. The molecule has 29 heavy (non-hydrogen) atoms.